The Morgan fingerprint density at radius 2 is 2.04 bits per heavy atom. The van der Waals surface area contributed by atoms with Crippen molar-refractivity contribution in [3.63, 3.8) is 0 Å². The fraction of sp³-hybridized carbons (Fsp3) is 0.412. The molecule has 0 aromatic carbocycles. The van der Waals surface area contributed by atoms with Gasteiger partial charge in [0.1, 0.15) is 17.0 Å². The van der Waals surface area contributed by atoms with Crippen molar-refractivity contribution in [1.82, 2.24) is 20.2 Å². The molecule has 7 heteroatoms. The molecule has 3 aromatic heterocycles. The lowest BCUT2D eigenvalue weighted by molar-refractivity contribution is 0.425. The van der Waals surface area contributed by atoms with Crippen LogP contribution >= 0.6 is 11.3 Å². The van der Waals surface area contributed by atoms with E-state index in [2.05, 4.69) is 54.0 Å². The average molecular weight is 338 g/mol. The van der Waals surface area contributed by atoms with Crippen molar-refractivity contribution in [3.8, 4) is 0 Å². The van der Waals surface area contributed by atoms with Crippen molar-refractivity contribution in [2.24, 2.45) is 5.92 Å². The van der Waals surface area contributed by atoms with Crippen LogP contribution in [-0.4, -0.2) is 39.8 Å². The van der Waals surface area contributed by atoms with Crippen LogP contribution < -0.4 is 10.2 Å². The predicted octanol–water partition coefficient (Wildman–Crippen LogP) is 2.91. The maximum atomic E-state index is 4.38. The SMILES string of the molecule is c1nc(NCC2CN(c3ccc(C4CC4)nn3)C2)c2ccsc2n1. The molecule has 1 saturated heterocycles. The molecule has 0 unspecified atom stereocenters. The fourth-order valence-electron chi connectivity index (χ4n) is 3.16. The van der Waals surface area contributed by atoms with Crippen molar-refractivity contribution in [2.45, 2.75) is 18.8 Å². The van der Waals surface area contributed by atoms with Crippen LogP contribution in [0.5, 0.6) is 0 Å². The highest BCUT2D eigenvalue weighted by Gasteiger charge is 2.29. The number of hydrogen-bond donors (Lipinski definition) is 1. The van der Waals surface area contributed by atoms with Gasteiger partial charge in [-0.2, -0.15) is 5.10 Å². The second kappa shape index (κ2) is 5.66. The first-order chi connectivity index (χ1) is 11.9. The molecule has 1 aliphatic carbocycles. The Balaban J connectivity index is 1.17. The Morgan fingerprint density at radius 1 is 1.12 bits per heavy atom. The molecule has 0 atom stereocenters. The van der Waals surface area contributed by atoms with Gasteiger partial charge < -0.3 is 10.2 Å². The summed E-state index contributed by atoms with van der Waals surface area (Å²) in [6, 6.07) is 6.33. The fourth-order valence-corrected chi connectivity index (χ4v) is 3.89. The van der Waals surface area contributed by atoms with Gasteiger partial charge in [0, 0.05) is 31.5 Å². The van der Waals surface area contributed by atoms with Gasteiger partial charge in [-0.05, 0) is 36.4 Å². The van der Waals surface area contributed by atoms with Crippen molar-refractivity contribution in [3.05, 3.63) is 35.6 Å². The highest BCUT2D eigenvalue weighted by Crippen LogP contribution is 2.39. The summed E-state index contributed by atoms with van der Waals surface area (Å²) in [5.74, 6) is 3.21. The first kappa shape index (κ1) is 14.1. The molecule has 1 N–H and O–H groups in total. The molecule has 0 bridgehead atoms. The standard InChI is InChI=1S/C17H18N6S/c1-2-12(1)14-3-4-15(22-21-14)23-8-11(9-23)7-18-16-13-5-6-24-17(13)20-10-19-16/h3-6,10-12H,1-2,7-9H2,(H,18,19,20). The lowest BCUT2D eigenvalue weighted by atomic mass is 10.0. The van der Waals surface area contributed by atoms with Gasteiger partial charge in [-0.1, -0.05) is 0 Å². The largest absolute Gasteiger partial charge is 0.369 e. The van der Waals surface area contributed by atoms with Crippen molar-refractivity contribution in [1.29, 1.82) is 0 Å². The number of aromatic nitrogens is 4. The second-order valence-electron chi connectivity index (χ2n) is 6.60. The molecule has 0 amide bonds. The molecule has 2 aliphatic rings. The number of anilines is 2. The van der Waals surface area contributed by atoms with Gasteiger partial charge in [0.2, 0.25) is 0 Å². The minimum absolute atomic E-state index is 0.610. The molecule has 24 heavy (non-hydrogen) atoms. The van der Waals surface area contributed by atoms with E-state index < -0.39 is 0 Å². The van der Waals surface area contributed by atoms with E-state index in [0.29, 0.717) is 11.8 Å². The molecule has 1 aliphatic heterocycles. The summed E-state index contributed by atoms with van der Waals surface area (Å²) in [7, 11) is 0. The van der Waals surface area contributed by atoms with Crippen LogP contribution in [0.2, 0.25) is 0 Å². The molecule has 5 rings (SSSR count). The normalized spacial score (nSPS) is 17.9. The molecule has 0 radical (unpaired) electrons. The number of rotatable bonds is 5. The summed E-state index contributed by atoms with van der Waals surface area (Å²) in [6.07, 6.45) is 4.17. The third kappa shape index (κ3) is 2.58. The van der Waals surface area contributed by atoms with Crippen molar-refractivity contribution < 1.29 is 0 Å². The van der Waals surface area contributed by atoms with Crippen LogP contribution in [-0.2, 0) is 0 Å². The summed E-state index contributed by atoms with van der Waals surface area (Å²) in [5.41, 5.74) is 1.15. The zero-order chi connectivity index (χ0) is 15.9. The van der Waals surface area contributed by atoms with Gasteiger partial charge >= 0.3 is 0 Å². The molecular weight excluding hydrogens is 320 g/mol. The third-order valence-corrected chi connectivity index (χ3v) is 5.59. The molecule has 0 spiro atoms. The smallest absolute Gasteiger partial charge is 0.151 e. The number of hydrogen-bond acceptors (Lipinski definition) is 7. The summed E-state index contributed by atoms with van der Waals surface area (Å²) in [6.45, 7) is 2.96. The molecule has 6 nitrogen and oxygen atoms in total. The first-order valence-electron chi connectivity index (χ1n) is 8.37. The van der Waals surface area contributed by atoms with Gasteiger partial charge in [0.05, 0.1) is 11.1 Å². The Kier molecular flexibility index (Phi) is 3.33. The van der Waals surface area contributed by atoms with Crippen LogP contribution in [0, 0.1) is 5.92 Å². The summed E-state index contributed by atoms with van der Waals surface area (Å²) >= 11 is 1.65. The zero-order valence-corrected chi connectivity index (χ0v) is 14.0. The molecule has 122 valence electrons. The van der Waals surface area contributed by atoms with E-state index in [1.807, 2.05) is 0 Å². The van der Waals surface area contributed by atoms with Gasteiger partial charge in [0.25, 0.3) is 0 Å². The van der Waals surface area contributed by atoms with Gasteiger partial charge in [-0.3, -0.25) is 0 Å². The Hall–Kier alpha value is -2.28. The monoisotopic (exact) mass is 338 g/mol. The minimum atomic E-state index is 0.610. The predicted molar refractivity (Wildman–Crippen MR) is 95.6 cm³/mol. The second-order valence-corrected chi connectivity index (χ2v) is 7.50. The lowest BCUT2D eigenvalue weighted by Crippen LogP contribution is -2.50. The minimum Gasteiger partial charge on any atom is -0.369 e. The summed E-state index contributed by atoms with van der Waals surface area (Å²) in [4.78, 5) is 12.0. The van der Waals surface area contributed by atoms with Gasteiger partial charge in [0.15, 0.2) is 5.82 Å². The molecule has 2 fully saturated rings. The van der Waals surface area contributed by atoms with Gasteiger partial charge in [-0.25, -0.2) is 9.97 Å². The van der Waals surface area contributed by atoms with Crippen LogP contribution in [0.25, 0.3) is 10.2 Å². The Bertz CT molecular complexity index is 851. The Labute approximate surface area is 144 Å². The topological polar surface area (TPSA) is 66.8 Å². The van der Waals surface area contributed by atoms with Crippen LogP contribution in [0.1, 0.15) is 24.5 Å². The van der Waals surface area contributed by atoms with Gasteiger partial charge in [-0.15, -0.1) is 16.4 Å². The van der Waals surface area contributed by atoms with E-state index in [9.17, 15) is 0 Å². The molecular formula is C17H18N6S. The number of thiophene rings is 1. The first-order valence-corrected chi connectivity index (χ1v) is 9.25. The Morgan fingerprint density at radius 3 is 2.83 bits per heavy atom. The summed E-state index contributed by atoms with van der Waals surface area (Å²) in [5, 5.41) is 15.4. The molecule has 1 saturated carbocycles. The van der Waals surface area contributed by atoms with Crippen LogP contribution in [0.3, 0.4) is 0 Å². The maximum absolute atomic E-state index is 4.38. The average Bonchev–Trinajstić information content (AvgIpc) is 3.31. The number of nitrogens with one attached hydrogen (secondary N) is 1. The lowest BCUT2D eigenvalue weighted by Gasteiger charge is -2.40. The van der Waals surface area contributed by atoms with Crippen LogP contribution in [0.15, 0.2) is 29.9 Å². The zero-order valence-electron chi connectivity index (χ0n) is 13.2. The van der Waals surface area contributed by atoms with E-state index in [-0.39, 0.29) is 0 Å². The van der Waals surface area contributed by atoms with E-state index in [0.717, 1.165) is 47.2 Å². The summed E-state index contributed by atoms with van der Waals surface area (Å²) < 4.78 is 0. The highest BCUT2D eigenvalue weighted by molar-refractivity contribution is 7.16. The van der Waals surface area contributed by atoms with Crippen LogP contribution in [0.4, 0.5) is 11.6 Å². The van der Waals surface area contributed by atoms with Crippen molar-refractivity contribution >= 4 is 33.2 Å². The van der Waals surface area contributed by atoms with Crippen molar-refractivity contribution in [2.75, 3.05) is 29.9 Å². The van der Waals surface area contributed by atoms with E-state index in [4.69, 9.17) is 0 Å². The van der Waals surface area contributed by atoms with E-state index in [1.54, 1.807) is 17.7 Å². The quantitative estimate of drug-likeness (QED) is 0.771. The highest BCUT2D eigenvalue weighted by atomic mass is 32.1. The van der Waals surface area contributed by atoms with E-state index in [1.165, 1.54) is 12.8 Å². The number of fused-ring (bicyclic) bond motifs is 1. The molecule has 4 heterocycles. The maximum Gasteiger partial charge on any atom is 0.151 e. The third-order valence-electron chi connectivity index (χ3n) is 4.77. The van der Waals surface area contributed by atoms with E-state index >= 15 is 0 Å². The number of nitrogens with zero attached hydrogens (tertiary/aromatic N) is 5. The molecule has 3 aromatic rings.